The van der Waals surface area contributed by atoms with Crippen molar-refractivity contribution >= 4 is 29.4 Å². The van der Waals surface area contributed by atoms with Crippen LogP contribution in [-0.4, -0.2) is 23.4 Å². The highest BCUT2D eigenvalue weighted by atomic mass is 32.2. The molecule has 0 aliphatic carbocycles. The third kappa shape index (κ3) is 6.29. The van der Waals surface area contributed by atoms with Crippen molar-refractivity contribution in [3.63, 3.8) is 0 Å². The van der Waals surface area contributed by atoms with E-state index < -0.39 is 11.7 Å². The number of hydrogen-bond acceptors (Lipinski definition) is 5. The average Bonchev–Trinajstić information content (AvgIpc) is 2.80. The fraction of sp³-hybridized carbons (Fsp3) is 0.231. The van der Waals surface area contributed by atoms with Crippen LogP contribution in [0.2, 0.25) is 0 Å². The summed E-state index contributed by atoms with van der Waals surface area (Å²) in [6.45, 7) is 5.55. The van der Waals surface area contributed by atoms with Gasteiger partial charge >= 0.3 is 6.09 Å². The molecule has 0 aromatic heterocycles. The molecule has 3 N–H and O–H groups in total. The molecule has 0 bridgehead atoms. The van der Waals surface area contributed by atoms with Gasteiger partial charge in [0.1, 0.15) is 11.4 Å². The second-order valence-corrected chi connectivity index (χ2v) is 8.97. The molecule has 7 heteroatoms. The lowest BCUT2D eigenvalue weighted by molar-refractivity contribution is 0.0346. The van der Waals surface area contributed by atoms with E-state index in [4.69, 9.17) is 4.74 Å². The average molecular weight is 465 g/mol. The van der Waals surface area contributed by atoms with Crippen LogP contribution in [0.1, 0.15) is 48.3 Å². The van der Waals surface area contributed by atoms with Crippen molar-refractivity contribution in [3.8, 4) is 5.75 Å². The maximum atomic E-state index is 12.5. The molecule has 33 heavy (non-hydrogen) atoms. The molecule has 3 aromatic carbocycles. The summed E-state index contributed by atoms with van der Waals surface area (Å²) < 4.78 is 5.68. The number of ether oxygens (including phenoxy) is 1. The molecule has 0 aliphatic heterocycles. The summed E-state index contributed by atoms with van der Waals surface area (Å²) in [6.07, 6.45) is 1.49. The first-order chi connectivity index (χ1) is 15.7. The number of carbonyl (C=O) groups excluding carboxylic acids is 2. The Labute approximate surface area is 198 Å². The topological polar surface area (TPSA) is 87.7 Å². The molecule has 3 rings (SSSR count). The lowest BCUT2D eigenvalue weighted by Gasteiger charge is -2.27. The van der Waals surface area contributed by atoms with Crippen LogP contribution in [0.3, 0.4) is 0 Å². The Kier molecular flexibility index (Phi) is 7.66. The Morgan fingerprint density at radius 1 is 0.970 bits per heavy atom. The number of thioether (sulfide) groups is 1. The molecule has 0 spiro atoms. The summed E-state index contributed by atoms with van der Waals surface area (Å²) in [5, 5.41) is 15.3. The molecule has 1 atom stereocenters. The van der Waals surface area contributed by atoms with Gasteiger partial charge in [-0.15, -0.1) is 11.8 Å². The van der Waals surface area contributed by atoms with Crippen LogP contribution in [-0.2, 0) is 10.3 Å². The number of anilines is 1. The first kappa shape index (κ1) is 24.2. The molecule has 6 nitrogen and oxygen atoms in total. The second-order valence-electron chi connectivity index (χ2n) is 8.09. The standard InChI is InChI=1S/C26H28N2O4S/c1-17(27-25(31)32-26(2,3)20-13-15-21(33-4)16-14-20)18-9-11-19(12-10-18)24(30)28-22-7-5-6-8-23(22)29/h5-17,29H,1-4H3,(H,27,31)(H,28,30)/t17-/m1/s1. The SMILES string of the molecule is CSc1ccc(C(C)(C)OC(=O)N[C@H](C)c2ccc(C(=O)Nc3ccccc3O)cc2)cc1. The zero-order valence-corrected chi connectivity index (χ0v) is 19.9. The largest absolute Gasteiger partial charge is 0.506 e. The zero-order chi connectivity index (χ0) is 24.0. The maximum Gasteiger partial charge on any atom is 0.408 e. The van der Waals surface area contributed by atoms with Gasteiger partial charge in [0.25, 0.3) is 5.91 Å². The summed E-state index contributed by atoms with van der Waals surface area (Å²) in [5.74, 6) is -0.334. The molecule has 0 saturated heterocycles. The van der Waals surface area contributed by atoms with Crippen molar-refractivity contribution in [2.75, 3.05) is 11.6 Å². The van der Waals surface area contributed by atoms with E-state index in [9.17, 15) is 14.7 Å². The number of amides is 2. The molecule has 0 aliphatic rings. The minimum atomic E-state index is -0.786. The molecular weight excluding hydrogens is 436 g/mol. The number of nitrogens with one attached hydrogen (secondary N) is 2. The highest BCUT2D eigenvalue weighted by molar-refractivity contribution is 7.98. The van der Waals surface area contributed by atoms with Gasteiger partial charge in [-0.05, 0) is 74.6 Å². The maximum absolute atomic E-state index is 12.5. The molecule has 2 amide bonds. The normalized spacial score (nSPS) is 12.0. The van der Waals surface area contributed by atoms with E-state index in [1.807, 2.05) is 51.3 Å². The number of alkyl carbamates (subject to hydrolysis) is 1. The van der Waals surface area contributed by atoms with Crippen molar-refractivity contribution in [2.45, 2.75) is 37.3 Å². The molecule has 3 aromatic rings. The molecule has 0 heterocycles. The number of hydrogen-bond donors (Lipinski definition) is 3. The van der Waals surface area contributed by atoms with E-state index in [0.717, 1.165) is 16.0 Å². The van der Waals surface area contributed by atoms with Crippen molar-refractivity contribution in [3.05, 3.63) is 89.5 Å². The van der Waals surface area contributed by atoms with Crippen LogP contribution in [0.5, 0.6) is 5.75 Å². The van der Waals surface area contributed by atoms with Crippen molar-refractivity contribution in [1.82, 2.24) is 5.32 Å². The molecule has 0 unspecified atom stereocenters. The summed E-state index contributed by atoms with van der Waals surface area (Å²) in [4.78, 5) is 26.1. The number of carbonyl (C=O) groups is 2. The van der Waals surface area contributed by atoms with Gasteiger partial charge in [-0.2, -0.15) is 0 Å². The van der Waals surface area contributed by atoms with Gasteiger partial charge in [0.05, 0.1) is 11.7 Å². The number of aromatic hydroxyl groups is 1. The van der Waals surface area contributed by atoms with Crippen molar-refractivity contribution in [2.24, 2.45) is 0 Å². The lowest BCUT2D eigenvalue weighted by atomic mass is 9.98. The van der Waals surface area contributed by atoms with E-state index >= 15 is 0 Å². The van der Waals surface area contributed by atoms with Crippen LogP contribution in [0.15, 0.2) is 77.7 Å². The van der Waals surface area contributed by atoms with Gasteiger partial charge in [-0.1, -0.05) is 36.4 Å². The minimum absolute atomic E-state index is 0.00178. The van der Waals surface area contributed by atoms with Crippen LogP contribution in [0, 0.1) is 0 Å². The fourth-order valence-electron chi connectivity index (χ4n) is 3.27. The molecule has 0 fully saturated rings. The smallest absolute Gasteiger partial charge is 0.408 e. The van der Waals surface area contributed by atoms with Crippen LogP contribution in [0.25, 0.3) is 0 Å². The Balaban J connectivity index is 1.59. The molecule has 0 saturated carbocycles. The van der Waals surface area contributed by atoms with Gasteiger partial charge in [-0.3, -0.25) is 4.79 Å². The highest BCUT2D eigenvalue weighted by Crippen LogP contribution is 2.27. The van der Waals surface area contributed by atoms with E-state index in [1.165, 1.54) is 6.07 Å². The Bertz CT molecular complexity index is 1110. The lowest BCUT2D eigenvalue weighted by Crippen LogP contribution is -2.34. The van der Waals surface area contributed by atoms with E-state index in [2.05, 4.69) is 10.6 Å². The second kappa shape index (κ2) is 10.4. The van der Waals surface area contributed by atoms with E-state index in [0.29, 0.717) is 11.3 Å². The summed E-state index contributed by atoms with van der Waals surface area (Å²) in [5.41, 5.74) is 1.73. The van der Waals surface area contributed by atoms with Crippen molar-refractivity contribution in [1.29, 1.82) is 0 Å². The minimum Gasteiger partial charge on any atom is -0.506 e. The summed E-state index contributed by atoms with van der Waals surface area (Å²) >= 11 is 1.66. The zero-order valence-electron chi connectivity index (χ0n) is 19.1. The fourth-order valence-corrected chi connectivity index (χ4v) is 3.68. The monoisotopic (exact) mass is 464 g/mol. The summed E-state index contributed by atoms with van der Waals surface area (Å²) in [7, 11) is 0. The number of para-hydroxylation sites is 2. The number of phenols is 1. The highest BCUT2D eigenvalue weighted by Gasteiger charge is 2.26. The Morgan fingerprint density at radius 3 is 2.21 bits per heavy atom. The molecular formula is C26H28N2O4S. The van der Waals surface area contributed by atoms with E-state index in [-0.39, 0.29) is 17.7 Å². The van der Waals surface area contributed by atoms with Crippen molar-refractivity contribution < 1.29 is 19.4 Å². The Hall–Kier alpha value is -3.45. The van der Waals surface area contributed by atoms with Gasteiger partial charge in [0, 0.05) is 10.5 Å². The third-order valence-corrected chi connectivity index (χ3v) is 6.04. The predicted octanol–water partition coefficient (Wildman–Crippen LogP) is 6.09. The van der Waals surface area contributed by atoms with Crippen LogP contribution in [0.4, 0.5) is 10.5 Å². The third-order valence-electron chi connectivity index (χ3n) is 5.29. The van der Waals surface area contributed by atoms with E-state index in [1.54, 1.807) is 54.2 Å². The van der Waals surface area contributed by atoms with Crippen LogP contribution >= 0.6 is 11.8 Å². The molecule has 0 radical (unpaired) electrons. The Morgan fingerprint density at radius 2 is 1.61 bits per heavy atom. The summed E-state index contributed by atoms with van der Waals surface area (Å²) in [6, 6.07) is 21.0. The van der Waals surface area contributed by atoms with Gasteiger partial charge in [-0.25, -0.2) is 4.79 Å². The van der Waals surface area contributed by atoms with Crippen LogP contribution < -0.4 is 10.6 Å². The van der Waals surface area contributed by atoms with Gasteiger partial charge in [0.2, 0.25) is 0 Å². The predicted molar refractivity (Wildman–Crippen MR) is 132 cm³/mol. The first-order valence-electron chi connectivity index (χ1n) is 10.5. The number of benzene rings is 3. The van der Waals surface area contributed by atoms with Gasteiger partial charge < -0.3 is 20.5 Å². The quantitative estimate of drug-likeness (QED) is 0.291. The number of rotatable bonds is 7. The first-order valence-corrected chi connectivity index (χ1v) is 11.8. The van der Waals surface area contributed by atoms with Gasteiger partial charge in [0.15, 0.2) is 0 Å². The number of phenolic OH excluding ortho intramolecular Hbond substituents is 1. The molecule has 172 valence electrons.